The fourth-order valence-electron chi connectivity index (χ4n) is 3.07. The van der Waals surface area contributed by atoms with Crippen LogP contribution in [0, 0.1) is 0 Å². The second-order valence-corrected chi connectivity index (χ2v) is 7.67. The van der Waals surface area contributed by atoms with Gasteiger partial charge in [-0.2, -0.15) is 0 Å². The molecule has 0 radical (unpaired) electrons. The summed E-state index contributed by atoms with van der Waals surface area (Å²) in [5.41, 5.74) is 0. The average Bonchev–Trinajstić information content (AvgIpc) is 3.41. The van der Waals surface area contributed by atoms with Crippen LogP contribution < -0.4 is 16.0 Å². The van der Waals surface area contributed by atoms with Gasteiger partial charge in [-0.15, -0.1) is 0 Å². The van der Waals surface area contributed by atoms with Crippen LogP contribution in [0.5, 0.6) is 0 Å². The van der Waals surface area contributed by atoms with Gasteiger partial charge >= 0.3 is 0 Å². The molecule has 1 saturated carbocycles. The van der Waals surface area contributed by atoms with Crippen LogP contribution in [0.25, 0.3) is 0 Å². The smallest absolute Gasteiger partial charge is 0.234 e. The highest BCUT2D eigenvalue weighted by atomic mass is 16.2. The Morgan fingerprint density at radius 2 is 1.81 bits per heavy atom. The molecule has 0 spiro atoms. The van der Waals surface area contributed by atoms with E-state index in [1.165, 1.54) is 0 Å². The molecule has 27 heavy (non-hydrogen) atoms. The first-order valence-corrected chi connectivity index (χ1v) is 10.3. The maximum absolute atomic E-state index is 11.9. The van der Waals surface area contributed by atoms with Crippen LogP contribution in [-0.2, 0) is 9.59 Å². The number of guanidine groups is 1. The number of rotatable bonds is 9. The summed E-state index contributed by atoms with van der Waals surface area (Å²) in [5, 5.41) is 9.29. The third-order valence-electron chi connectivity index (χ3n) is 4.59. The van der Waals surface area contributed by atoms with Crippen LogP contribution in [0.3, 0.4) is 0 Å². The zero-order valence-corrected chi connectivity index (χ0v) is 17.1. The topological polar surface area (TPSA) is 89.1 Å². The summed E-state index contributed by atoms with van der Waals surface area (Å²) < 4.78 is 0. The monoisotopic (exact) mass is 380 g/mol. The molecule has 8 nitrogen and oxygen atoms in total. The van der Waals surface area contributed by atoms with Crippen molar-refractivity contribution < 1.29 is 9.59 Å². The summed E-state index contributed by atoms with van der Waals surface area (Å²) in [6.45, 7) is 11.3. The van der Waals surface area contributed by atoms with E-state index in [9.17, 15) is 9.59 Å². The van der Waals surface area contributed by atoms with Gasteiger partial charge in [-0.05, 0) is 40.0 Å². The number of carbonyl (C=O) groups is 2. The Kier molecular flexibility index (Phi) is 8.84. The minimum atomic E-state index is 0.0866. The van der Waals surface area contributed by atoms with Crippen LogP contribution in [0.4, 0.5) is 0 Å². The molecule has 1 aliphatic carbocycles. The summed E-state index contributed by atoms with van der Waals surface area (Å²) in [4.78, 5) is 32.7. The van der Waals surface area contributed by atoms with Crippen molar-refractivity contribution >= 4 is 17.8 Å². The number of amides is 2. The molecule has 0 bridgehead atoms. The Labute approximate surface area is 163 Å². The lowest BCUT2D eigenvalue weighted by atomic mass is 10.3. The molecule has 2 fully saturated rings. The van der Waals surface area contributed by atoms with Gasteiger partial charge in [-0.1, -0.05) is 0 Å². The van der Waals surface area contributed by atoms with Gasteiger partial charge < -0.3 is 20.9 Å². The van der Waals surface area contributed by atoms with E-state index in [4.69, 9.17) is 0 Å². The predicted octanol–water partition coefficient (Wildman–Crippen LogP) is 0.153. The van der Waals surface area contributed by atoms with Crippen molar-refractivity contribution in [1.29, 1.82) is 0 Å². The van der Waals surface area contributed by atoms with Crippen molar-refractivity contribution in [2.45, 2.75) is 58.5 Å². The maximum atomic E-state index is 11.9. The van der Waals surface area contributed by atoms with E-state index < -0.39 is 0 Å². The van der Waals surface area contributed by atoms with E-state index in [2.05, 4.69) is 37.7 Å². The average molecular weight is 381 g/mol. The van der Waals surface area contributed by atoms with Gasteiger partial charge in [-0.3, -0.25) is 19.5 Å². The van der Waals surface area contributed by atoms with Crippen LogP contribution >= 0.6 is 0 Å². The highest BCUT2D eigenvalue weighted by molar-refractivity contribution is 5.80. The third kappa shape index (κ3) is 8.60. The summed E-state index contributed by atoms with van der Waals surface area (Å²) >= 11 is 0. The van der Waals surface area contributed by atoms with Gasteiger partial charge in [0.25, 0.3) is 0 Å². The van der Waals surface area contributed by atoms with Gasteiger partial charge in [0.15, 0.2) is 5.96 Å². The SMILES string of the molecule is CCNC(=NCCCC(=O)NC1CC1)N1CCN(CC(=O)NC(C)C)CC1. The molecule has 0 aromatic rings. The molecule has 0 aromatic carbocycles. The van der Waals surface area contributed by atoms with E-state index in [-0.39, 0.29) is 17.9 Å². The second kappa shape index (κ2) is 11.1. The molecule has 2 aliphatic rings. The Hall–Kier alpha value is -1.83. The molecule has 2 rings (SSSR count). The first-order chi connectivity index (χ1) is 13.0. The van der Waals surface area contributed by atoms with Gasteiger partial charge in [0.2, 0.25) is 11.8 Å². The highest BCUT2D eigenvalue weighted by Crippen LogP contribution is 2.18. The van der Waals surface area contributed by atoms with E-state index in [0.717, 1.165) is 57.9 Å². The molecule has 1 aliphatic heterocycles. The molecular formula is C19H36N6O2. The molecule has 2 amide bonds. The Balaban J connectivity index is 1.70. The lowest BCUT2D eigenvalue weighted by Gasteiger charge is -2.36. The number of nitrogens with one attached hydrogen (secondary N) is 3. The minimum Gasteiger partial charge on any atom is -0.357 e. The summed E-state index contributed by atoms with van der Waals surface area (Å²) in [6, 6.07) is 0.606. The first-order valence-electron chi connectivity index (χ1n) is 10.3. The fourth-order valence-corrected chi connectivity index (χ4v) is 3.07. The van der Waals surface area contributed by atoms with Gasteiger partial charge in [0, 0.05) is 57.8 Å². The summed E-state index contributed by atoms with van der Waals surface area (Å²) in [5.74, 6) is 1.14. The van der Waals surface area contributed by atoms with Gasteiger partial charge in [-0.25, -0.2) is 0 Å². The quantitative estimate of drug-likeness (QED) is 0.301. The molecule has 0 aromatic heterocycles. The van der Waals surface area contributed by atoms with Crippen LogP contribution in [0.15, 0.2) is 4.99 Å². The zero-order valence-electron chi connectivity index (χ0n) is 17.1. The Morgan fingerprint density at radius 3 is 2.41 bits per heavy atom. The third-order valence-corrected chi connectivity index (χ3v) is 4.59. The first kappa shape index (κ1) is 21.5. The number of piperazine rings is 1. The standard InChI is InChI=1S/C19H36N6O2/c1-4-20-19(21-9-5-6-17(26)23-16-7-8-16)25-12-10-24(11-13-25)14-18(27)22-15(2)3/h15-16H,4-14H2,1-3H3,(H,20,21)(H,22,27)(H,23,26). The molecule has 0 unspecified atom stereocenters. The molecule has 1 saturated heterocycles. The van der Waals surface area contributed by atoms with Crippen LogP contribution in [0.2, 0.25) is 0 Å². The number of hydrogen-bond acceptors (Lipinski definition) is 4. The van der Waals surface area contributed by atoms with E-state index in [1.54, 1.807) is 0 Å². The van der Waals surface area contributed by atoms with Crippen LogP contribution in [-0.4, -0.2) is 85.5 Å². The largest absolute Gasteiger partial charge is 0.357 e. The lowest BCUT2D eigenvalue weighted by Crippen LogP contribution is -2.54. The molecule has 3 N–H and O–H groups in total. The minimum absolute atomic E-state index is 0.0866. The molecular weight excluding hydrogens is 344 g/mol. The Bertz CT molecular complexity index is 510. The number of nitrogens with zero attached hydrogens (tertiary/aromatic N) is 3. The number of hydrogen-bond donors (Lipinski definition) is 3. The van der Waals surface area contributed by atoms with Crippen molar-refractivity contribution in [1.82, 2.24) is 25.8 Å². The van der Waals surface area contributed by atoms with Crippen molar-refractivity contribution in [3.63, 3.8) is 0 Å². The zero-order chi connectivity index (χ0) is 19.6. The van der Waals surface area contributed by atoms with Crippen molar-refractivity contribution in [2.75, 3.05) is 45.8 Å². The van der Waals surface area contributed by atoms with Gasteiger partial charge in [0.05, 0.1) is 6.54 Å². The summed E-state index contributed by atoms with van der Waals surface area (Å²) in [7, 11) is 0. The Morgan fingerprint density at radius 1 is 1.11 bits per heavy atom. The van der Waals surface area contributed by atoms with Crippen molar-refractivity contribution in [3.05, 3.63) is 0 Å². The maximum Gasteiger partial charge on any atom is 0.234 e. The molecule has 1 heterocycles. The van der Waals surface area contributed by atoms with E-state index in [1.807, 2.05) is 13.8 Å². The molecule has 8 heteroatoms. The number of carbonyl (C=O) groups excluding carboxylic acids is 2. The van der Waals surface area contributed by atoms with Crippen molar-refractivity contribution in [2.24, 2.45) is 4.99 Å². The fraction of sp³-hybridized carbons (Fsp3) is 0.842. The highest BCUT2D eigenvalue weighted by Gasteiger charge is 2.23. The summed E-state index contributed by atoms with van der Waals surface area (Å²) in [6.07, 6.45) is 3.56. The van der Waals surface area contributed by atoms with Gasteiger partial charge in [0.1, 0.15) is 0 Å². The normalized spacial score (nSPS) is 18.5. The molecule has 154 valence electrons. The molecule has 0 atom stereocenters. The van der Waals surface area contributed by atoms with Crippen LogP contribution in [0.1, 0.15) is 46.5 Å². The van der Waals surface area contributed by atoms with Crippen molar-refractivity contribution in [3.8, 4) is 0 Å². The number of aliphatic imine (C=N–C) groups is 1. The van der Waals surface area contributed by atoms with E-state index >= 15 is 0 Å². The van der Waals surface area contributed by atoms with E-state index in [0.29, 0.717) is 25.6 Å². The predicted molar refractivity (Wildman–Crippen MR) is 108 cm³/mol. The lowest BCUT2D eigenvalue weighted by molar-refractivity contribution is -0.123. The second-order valence-electron chi connectivity index (χ2n) is 7.67.